The normalized spacial score (nSPS) is 11.7. The molecule has 0 aliphatic heterocycles. The van der Waals surface area contributed by atoms with Crippen molar-refractivity contribution in [3.8, 4) is 0 Å². The number of rotatable bonds is 6. The lowest BCUT2D eigenvalue weighted by Crippen LogP contribution is -2.26. The number of nitrogens with zero attached hydrogens (tertiary/aromatic N) is 2. The Balaban J connectivity index is 2.05. The van der Waals surface area contributed by atoms with Gasteiger partial charge in [0.1, 0.15) is 10.7 Å². The third-order valence-electron chi connectivity index (χ3n) is 3.01. The summed E-state index contributed by atoms with van der Waals surface area (Å²) in [6.07, 6.45) is 1.63. The van der Waals surface area contributed by atoms with Gasteiger partial charge in [-0.05, 0) is 25.0 Å². The van der Waals surface area contributed by atoms with E-state index in [1.165, 1.54) is 16.9 Å². The van der Waals surface area contributed by atoms with Gasteiger partial charge in [-0.15, -0.1) is 0 Å². The largest absolute Gasteiger partial charge is 0.381 e. The predicted octanol–water partition coefficient (Wildman–Crippen LogP) is 1.15. The minimum Gasteiger partial charge on any atom is -0.381 e. The molecule has 0 spiro atoms. The number of sulfonamides is 1. The fraction of sp³-hybridized carbons (Fsp3) is 0.308. The Morgan fingerprint density at radius 1 is 1.38 bits per heavy atom. The molecule has 0 amide bonds. The molecule has 1 heterocycles. The van der Waals surface area contributed by atoms with E-state index in [4.69, 9.17) is 5.73 Å². The smallest absolute Gasteiger partial charge is 0.245 e. The summed E-state index contributed by atoms with van der Waals surface area (Å²) in [5.41, 5.74) is 6.05. The van der Waals surface area contributed by atoms with Crippen LogP contribution >= 0.6 is 0 Å². The Bertz CT molecular complexity index is 728. The molecular weight excluding hydrogens is 295 g/mol. The molecule has 1 aromatic heterocycles. The van der Waals surface area contributed by atoms with Gasteiger partial charge in [-0.3, -0.25) is 4.68 Å². The SMILES string of the molecule is CCn1cc(S(=O)(=O)NCCc2ccccc2F)c(N)n1. The Hall–Kier alpha value is -1.93. The molecule has 2 rings (SSSR count). The van der Waals surface area contributed by atoms with Crippen molar-refractivity contribution in [2.75, 3.05) is 12.3 Å². The minimum atomic E-state index is -3.74. The average molecular weight is 312 g/mol. The molecule has 0 saturated carbocycles. The van der Waals surface area contributed by atoms with Crippen LogP contribution in [0.5, 0.6) is 0 Å². The zero-order chi connectivity index (χ0) is 15.5. The average Bonchev–Trinajstić information content (AvgIpc) is 2.83. The van der Waals surface area contributed by atoms with Crippen molar-refractivity contribution >= 4 is 15.8 Å². The molecule has 8 heteroatoms. The number of hydrogen-bond donors (Lipinski definition) is 2. The zero-order valence-electron chi connectivity index (χ0n) is 11.6. The first-order valence-corrected chi connectivity index (χ1v) is 7.98. The van der Waals surface area contributed by atoms with Crippen molar-refractivity contribution in [2.45, 2.75) is 24.8 Å². The van der Waals surface area contributed by atoms with Crippen LogP contribution in [0.3, 0.4) is 0 Å². The second-order valence-corrected chi connectivity index (χ2v) is 6.21. The molecule has 0 unspecified atom stereocenters. The van der Waals surface area contributed by atoms with Gasteiger partial charge in [0.2, 0.25) is 10.0 Å². The van der Waals surface area contributed by atoms with E-state index in [1.54, 1.807) is 18.2 Å². The Morgan fingerprint density at radius 2 is 2.10 bits per heavy atom. The van der Waals surface area contributed by atoms with Gasteiger partial charge in [0.05, 0.1) is 0 Å². The first kappa shape index (κ1) is 15.5. The maximum atomic E-state index is 13.4. The minimum absolute atomic E-state index is 0.0461. The van der Waals surface area contributed by atoms with Crippen molar-refractivity contribution in [2.24, 2.45) is 0 Å². The van der Waals surface area contributed by atoms with Crippen molar-refractivity contribution in [3.63, 3.8) is 0 Å². The van der Waals surface area contributed by atoms with Gasteiger partial charge in [-0.1, -0.05) is 18.2 Å². The van der Waals surface area contributed by atoms with E-state index in [0.29, 0.717) is 12.1 Å². The summed E-state index contributed by atoms with van der Waals surface area (Å²) in [7, 11) is -3.74. The maximum Gasteiger partial charge on any atom is 0.245 e. The number of nitrogen functional groups attached to an aromatic ring is 1. The lowest BCUT2D eigenvalue weighted by atomic mass is 10.1. The highest BCUT2D eigenvalue weighted by molar-refractivity contribution is 7.89. The molecule has 3 N–H and O–H groups in total. The first-order chi connectivity index (χ1) is 9.94. The van der Waals surface area contributed by atoms with Crippen molar-refractivity contribution in [3.05, 3.63) is 41.8 Å². The second-order valence-electron chi connectivity index (χ2n) is 4.47. The number of aromatic nitrogens is 2. The topological polar surface area (TPSA) is 90.0 Å². The summed E-state index contributed by atoms with van der Waals surface area (Å²) in [6.45, 7) is 2.43. The number of anilines is 1. The van der Waals surface area contributed by atoms with Crippen LogP contribution in [-0.2, 0) is 23.0 Å². The van der Waals surface area contributed by atoms with E-state index >= 15 is 0 Å². The van der Waals surface area contributed by atoms with E-state index < -0.39 is 10.0 Å². The van der Waals surface area contributed by atoms with E-state index in [0.717, 1.165) is 0 Å². The quantitative estimate of drug-likeness (QED) is 0.837. The van der Waals surface area contributed by atoms with Gasteiger partial charge < -0.3 is 5.73 Å². The van der Waals surface area contributed by atoms with Crippen LogP contribution in [0, 0.1) is 5.82 Å². The highest BCUT2D eigenvalue weighted by Gasteiger charge is 2.20. The number of nitrogens with one attached hydrogen (secondary N) is 1. The van der Waals surface area contributed by atoms with Crippen LogP contribution in [0.1, 0.15) is 12.5 Å². The van der Waals surface area contributed by atoms with Gasteiger partial charge in [-0.25, -0.2) is 17.5 Å². The van der Waals surface area contributed by atoms with Crippen LogP contribution in [-0.4, -0.2) is 24.7 Å². The fourth-order valence-electron chi connectivity index (χ4n) is 1.89. The molecule has 21 heavy (non-hydrogen) atoms. The number of benzene rings is 1. The summed E-state index contributed by atoms with van der Waals surface area (Å²) in [5.74, 6) is -0.398. The third kappa shape index (κ3) is 3.59. The molecule has 0 aliphatic carbocycles. The summed E-state index contributed by atoms with van der Waals surface area (Å²) < 4.78 is 41.5. The van der Waals surface area contributed by atoms with Crippen molar-refractivity contribution in [1.82, 2.24) is 14.5 Å². The van der Waals surface area contributed by atoms with Gasteiger partial charge >= 0.3 is 0 Å². The van der Waals surface area contributed by atoms with Crippen molar-refractivity contribution in [1.29, 1.82) is 0 Å². The highest BCUT2D eigenvalue weighted by atomic mass is 32.2. The molecule has 114 valence electrons. The predicted molar refractivity (Wildman–Crippen MR) is 77.6 cm³/mol. The van der Waals surface area contributed by atoms with Crippen LogP contribution in [0.4, 0.5) is 10.2 Å². The standard InChI is InChI=1S/C13H17FN4O2S/c1-2-18-9-12(13(15)17-18)21(19,20)16-8-7-10-5-3-4-6-11(10)14/h3-6,9,16H,2,7-8H2,1H3,(H2,15,17). The van der Waals surface area contributed by atoms with Crippen LogP contribution < -0.4 is 10.5 Å². The maximum absolute atomic E-state index is 13.4. The van der Waals surface area contributed by atoms with Gasteiger partial charge in [-0.2, -0.15) is 5.10 Å². The number of aryl methyl sites for hydroxylation is 1. The van der Waals surface area contributed by atoms with E-state index in [9.17, 15) is 12.8 Å². The molecule has 0 bridgehead atoms. The Labute approximate surface area is 122 Å². The molecule has 0 aliphatic rings. The highest BCUT2D eigenvalue weighted by Crippen LogP contribution is 2.16. The summed E-state index contributed by atoms with van der Waals surface area (Å²) in [6, 6.07) is 6.25. The molecule has 0 saturated heterocycles. The zero-order valence-corrected chi connectivity index (χ0v) is 12.4. The monoisotopic (exact) mass is 312 g/mol. The summed E-state index contributed by atoms with van der Waals surface area (Å²) in [5, 5.41) is 3.89. The van der Waals surface area contributed by atoms with Crippen molar-refractivity contribution < 1.29 is 12.8 Å². The van der Waals surface area contributed by atoms with Crippen LogP contribution in [0.15, 0.2) is 35.4 Å². The third-order valence-corrected chi connectivity index (χ3v) is 4.49. The molecule has 0 radical (unpaired) electrons. The lowest BCUT2D eigenvalue weighted by molar-refractivity contribution is 0.577. The van der Waals surface area contributed by atoms with E-state index in [-0.39, 0.29) is 29.5 Å². The summed E-state index contributed by atoms with van der Waals surface area (Å²) >= 11 is 0. The van der Waals surface area contributed by atoms with Crippen LogP contribution in [0.25, 0.3) is 0 Å². The first-order valence-electron chi connectivity index (χ1n) is 6.50. The van der Waals surface area contributed by atoms with E-state index in [1.807, 2.05) is 6.92 Å². The number of nitrogens with two attached hydrogens (primary N) is 1. The Kier molecular flexibility index (Phi) is 4.59. The Morgan fingerprint density at radius 3 is 2.71 bits per heavy atom. The molecule has 0 atom stereocenters. The lowest BCUT2D eigenvalue weighted by Gasteiger charge is -2.06. The van der Waals surface area contributed by atoms with Gasteiger partial charge in [0.15, 0.2) is 5.82 Å². The molecule has 0 fully saturated rings. The van der Waals surface area contributed by atoms with Gasteiger partial charge in [0.25, 0.3) is 0 Å². The molecule has 2 aromatic rings. The van der Waals surface area contributed by atoms with Crippen LogP contribution in [0.2, 0.25) is 0 Å². The fourth-order valence-corrected chi connectivity index (χ4v) is 2.99. The summed E-state index contributed by atoms with van der Waals surface area (Å²) in [4.78, 5) is -0.0575. The van der Waals surface area contributed by atoms with E-state index in [2.05, 4.69) is 9.82 Å². The second kappa shape index (κ2) is 6.23. The molecule has 1 aromatic carbocycles. The number of halogens is 1. The molecular formula is C13H17FN4O2S. The number of hydrogen-bond acceptors (Lipinski definition) is 4. The van der Waals surface area contributed by atoms with Gasteiger partial charge in [0, 0.05) is 19.3 Å². The molecule has 6 nitrogen and oxygen atoms in total.